The van der Waals surface area contributed by atoms with E-state index < -0.39 is 0 Å². The van der Waals surface area contributed by atoms with Crippen molar-refractivity contribution in [3.05, 3.63) is 27.6 Å². The summed E-state index contributed by atoms with van der Waals surface area (Å²) in [5, 5.41) is 6.24. The molecule has 0 atom stereocenters. The number of carbonyl (C=O) groups is 1. The Kier molecular flexibility index (Phi) is 4.78. The monoisotopic (exact) mass is 376 g/mol. The van der Waals surface area contributed by atoms with Crippen molar-refractivity contribution in [2.24, 2.45) is 5.41 Å². The zero-order valence-electron chi connectivity index (χ0n) is 10.9. The Bertz CT molecular complexity index is 473. The van der Waals surface area contributed by atoms with Gasteiger partial charge in [0, 0.05) is 3.57 Å². The summed E-state index contributed by atoms with van der Waals surface area (Å²) >= 11 is 2.04. The first-order valence-electron chi connectivity index (χ1n) is 6.54. The van der Waals surface area contributed by atoms with E-state index in [0.717, 1.165) is 35.9 Å². The standard InChI is InChI=1S/C14H18FIN2O/c1-2-14(5-7-17-8-6-14)13(19)18-12-4-3-10(15)9-11(12)16/h3-4,9,17H,2,5-8H2,1H3,(H,18,19). The first-order chi connectivity index (χ1) is 9.07. The van der Waals surface area contributed by atoms with Gasteiger partial charge in [0.2, 0.25) is 5.91 Å². The molecule has 1 aliphatic heterocycles. The highest BCUT2D eigenvalue weighted by atomic mass is 127. The van der Waals surface area contributed by atoms with Crippen LogP contribution < -0.4 is 10.6 Å². The number of nitrogens with one attached hydrogen (secondary N) is 2. The lowest BCUT2D eigenvalue weighted by Crippen LogP contribution is -2.44. The predicted molar refractivity (Wildman–Crippen MR) is 82.6 cm³/mol. The minimum Gasteiger partial charge on any atom is -0.325 e. The Labute approximate surface area is 126 Å². The minimum absolute atomic E-state index is 0.0565. The maximum atomic E-state index is 13.1. The summed E-state index contributed by atoms with van der Waals surface area (Å²) in [6.45, 7) is 3.81. The van der Waals surface area contributed by atoms with Crippen LogP contribution in [0.25, 0.3) is 0 Å². The number of carbonyl (C=O) groups excluding carboxylic acids is 1. The van der Waals surface area contributed by atoms with Crippen LogP contribution in [-0.2, 0) is 4.79 Å². The summed E-state index contributed by atoms with van der Waals surface area (Å²) in [4.78, 5) is 12.5. The maximum absolute atomic E-state index is 13.1. The number of amides is 1. The van der Waals surface area contributed by atoms with Gasteiger partial charge in [-0.1, -0.05) is 6.92 Å². The Morgan fingerprint density at radius 1 is 1.47 bits per heavy atom. The zero-order valence-corrected chi connectivity index (χ0v) is 13.1. The van der Waals surface area contributed by atoms with E-state index in [2.05, 4.69) is 17.6 Å². The van der Waals surface area contributed by atoms with E-state index in [4.69, 9.17) is 0 Å². The van der Waals surface area contributed by atoms with Crippen LogP contribution in [0.4, 0.5) is 10.1 Å². The van der Waals surface area contributed by atoms with Gasteiger partial charge in [0.1, 0.15) is 5.82 Å². The van der Waals surface area contributed by atoms with E-state index in [1.165, 1.54) is 12.1 Å². The molecule has 2 N–H and O–H groups in total. The van der Waals surface area contributed by atoms with Gasteiger partial charge in [-0.15, -0.1) is 0 Å². The van der Waals surface area contributed by atoms with Gasteiger partial charge >= 0.3 is 0 Å². The quantitative estimate of drug-likeness (QED) is 0.796. The highest BCUT2D eigenvalue weighted by Gasteiger charge is 2.37. The van der Waals surface area contributed by atoms with Gasteiger partial charge in [-0.2, -0.15) is 0 Å². The zero-order chi connectivity index (χ0) is 13.9. The fraction of sp³-hybridized carbons (Fsp3) is 0.500. The normalized spacial score (nSPS) is 18.1. The molecule has 3 nitrogen and oxygen atoms in total. The van der Waals surface area contributed by atoms with Crippen molar-refractivity contribution in [3.8, 4) is 0 Å². The third kappa shape index (κ3) is 3.25. The van der Waals surface area contributed by atoms with E-state index in [-0.39, 0.29) is 17.1 Å². The number of anilines is 1. The molecule has 0 spiro atoms. The van der Waals surface area contributed by atoms with E-state index in [0.29, 0.717) is 5.69 Å². The molecule has 5 heteroatoms. The van der Waals surface area contributed by atoms with Gasteiger partial charge < -0.3 is 10.6 Å². The summed E-state index contributed by atoms with van der Waals surface area (Å²) < 4.78 is 13.8. The summed E-state index contributed by atoms with van der Waals surface area (Å²) in [5.74, 6) is -0.226. The van der Waals surface area contributed by atoms with E-state index in [9.17, 15) is 9.18 Å². The van der Waals surface area contributed by atoms with Crippen molar-refractivity contribution in [1.29, 1.82) is 0 Å². The summed E-state index contributed by atoms with van der Waals surface area (Å²) in [6, 6.07) is 4.43. The summed E-state index contributed by atoms with van der Waals surface area (Å²) in [7, 11) is 0. The van der Waals surface area contributed by atoms with Crippen molar-refractivity contribution < 1.29 is 9.18 Å². The van der Waals surface area contributed by atoms with Crippen LogP contribution >= 0.6 is 22.6 Å². The van der Waals surface area contributed by atoms with Crippen LogP contribution in [0.1, 0.15) is 26.2 Å². The number of benzene rings is 1. The number of hydrogen-bond donors (Lipinski definition) is 2. The highest BCUT2D eigenvalue weighted by Crippen LogP contribution is 2.34. The molecule has 0 unspecified atom stereocenters. The number of hydrogen-bond acceptors (Lipinski definition) is 2. The van der Waals surface area contributed by atoms with E-state index >= 15 is 0 Å². The average Bonchev–Trinajstić information content (AvgIpc) is 2.42. The van der Waals surface area contributed by atoms with Crippen LogP contribution in [0.15, 0.2) is 18.2 Å². The summed E-state index contributed by atoms with van der Waals surface area (Å²) in [5.41, 5.74) is 0.404. The molecule has 1 aromatic carbocycles. The predicted octanol–water partition coefficient (Wildman–Crippen LogP) is 3.15. The van der Waals surface area contributed by atoms with Crippen LogP contribution in [0, 0.1) is 14.8 Å². The minimum atomic E-state index is -0.289. The summed E-state index contributed by atoms with van der Waals surface area (Å²) in [6.07, 6.45) is 2.54. The molecule has 0 saturated carbocycles. The molecule has 0 bridgehead atoms. The van der Waals surface area contributed by atoms with Gasteiger partial charge in [0.05, 0.1) is 11.1 Å². The molecule has 1 saturated heterocycles. The van der Waals surface area contributed by atoms with Crippen molar-refractivity contribution in [3.63, 3.8) is 0 Å². The molecule has 19 heavy (non-hydrogen) atoms. The third-order valence-corrected chi connectivity index (χ3v) is 4.79. The molecule has 1 amide bonds. The van der Waals surface area contributed by atoms with Crippen molar-refractivity contribution in [1.82, 2.24) is 5.32 Å². The average molecular weight is 376 g/mol. The Balaban J connectivity index is 2.15. The molecule has 1 heterocycles. The van der Waals surface area contributed by atoms with Crippen LogP contribution in [0.2, 0.25) is 0 Å². The lowest BCUT2D eigenvalue weighted by Gasteiger charge is -2.35. The molecule has 0 aromatic heterocycles. The fourth-order valence-electron chi connectivity index (χ4n) is 2.49. The van der Waals surface area contributed by atoms with Gasteiger partial charge in [0.15, 0.2) is 0 Å². The topological polar surface area (TPSA) is 41.1 Å². The molecule has 2 rings (SSSR count). The van der Waals surface area contributed by atoms with Crippen molar-refractivity contribution in [2.45, 2.75) is 26.2 Å². The highest BCUT2D eigenvalue weighted by molar-refractivity contribution is 14.1. The van der Waals surface area contributed by atoms with E-state index in [1.807, 2.05) is 22.6 Å². The molecule has 1 aliphatic rings. The molecule has 1 aromatic rings. The first-order valence-corrected chi connectivity index (χ1v) is 7.62. The Morgan fingerprint density at radius 3 is 2.74 bits per heavy atom. The molecule has 104 valence electrons. The second-order valence-electron chi connectivity index (χ2n) is 4.96. The SMILES string of the molecule is CCC1(C(=O)Nc2ccc(F)cc2I)CCNCC1. The fourth-order valence-corrected chi connectivity index (χ4v) is 3.10. The van der Waals surface area contributed by atoms with Gasteiger partial charge in [0.25, 0.3) is 0 Å². The van der Waals surface area contributed by atoms with Crippen molar-refractivity contribution in [2.75, 3.05) is 18.4 Å². The Hall–Kier alpha value is -0.690. The van der Waals surface area contributed by atoms with E-state index in [1.54, 1.807) is 6.07 Å². The second-order valence-corrected chi connectivity index (χ2v) is 6.12. The first kappa shape index (κ1) is 14.7. The molecule has 0 radical (unpaired) electrons. The lowest BCUT2D eigenvalue weighted by molar-refractivity contribution is -0.127. The van der Waals surface area contributed by atoms with Crippen LogP contribution in [0.3, 0.4) is 0 Å². The second kappa shape index (κ2) is 6.17. The number of rotatable bonds is 3. The number of halogens is 2. The van der Waals surface area contributed by atoms with Gasteiger partial charge in [-0.3, -0.25) is 4.79 Å². The van der Waals surface area contributed by atoms with Crippen LogP contribution in [0.5, 0.6) is 0 Å². The smallest absolute Gasteiger partial charge is 0.230 e. The maximum Gasteiger partial charge on any atom is 0.230 e. The molecular weight excluding hydrogens is 358 g/mol. The molecule has 0 aliphatic carbocycles. The lowest BCUT2D eigenvalue weighted by atomic mass is 9.76. The Morgan fingerprint density at radius 2 is 2.16 bits per heavy atom. The third-order valence-electron chi connectivity index (χ3n) is 3.90. The largest absolute Gasteiger partial charge is 0.325 e. The van der Waals surface area contributed by atoms with Gasteiger partial charge in [-0.25, -0.2) is 4.39 Å². The van der Waals surface area contributed by atoms with Crippen molar-refractivity contribution >= 4 is 34.2 Å². The van der Waals surface area contributed by atoms with Gasteiger partial charge in [-0.05, 0) is 73.1 Å². The molecule has 1 fully saturated rings. The number of piperidine rings is 1. The molecular formula is C14H18FIN2O. The van der Waals surface area contributed by atoms with Crippen LogP contribution in [-0.4, -0.2) is 19.0 Å².